The molecule has 0 N–H and O–H groups in total. The zero-order valence-corrected chi connectivity index (χ0v) is 16.2. The van der Waals surface area contributed by atoms with Crippen LogP contribution in [0.3, 0.4) is 0 Å². The minimum absolute atomic E-state index is 0.561. The molecule has 1 aliphatic carbocycles. The Morgan fingerprint density at radius 2 is 1.55 bits per heavy atom. The van der Waals surface area contributed by atoms with E-state index in [0.29, 0.717) is 5.41 Å². The van der Waals surface area contributed by atoms with Crippen LogP contribution in [0.15, 0.2) is 11.6 Å². The number of rotatable bonds is 3. The highest BCUT2D eigenvalue weighted by Crippen LogP contribution is 2.33. The molecule has 0 aromatic carbocycles. The van der Waals surface area contributed by atoms with Crippen molar-refractivity contribution in [2.45, 2.75) is 112 Å². The van der Waals surface area contributed by atoms with Gasteiger partial charge in [0.15, 0.2) is 0 Å². The summed E-state index contributed by atoms with van der Waals surface area (Å²) in [4.78, 5) is 0. The highest BCUT2D eigenvalue weighted by atomic mass is 14.2. The van der Waals surface area contributed by atoms with Crippen LogP contribution in [0.4, 0.5) is 0 Å². The Bertz CT molecular complexity index is 306. The summed E-state index contributed by atoms with van der Waals surface area (Å²) >= 11 is 0. The van der Waals surface area contributed by atoms with E-state index in [1.165, 1.54) is 77.0 Å². The van der Waals surface area contributed by atoms with Gasteiger partial charge in [-0.2, -0.15) is 0 Å². The van der Waals surface area contributed by atoms with Crippen molar-refractivity contribution >= 4 is 0 Å². The van der Waals surface area contributed by atoms with E-state index in [-0.39, 0.29) is 0 Å². The summed E-state index contributed by atoms with van der Waals surface area (Å²) in [5.74, 6) is 1.61. The largest absolute Gasteiger partial charge is 0.0822 e. The summed E-state index contributed by atoms with van der Waals surface area (Å²) < 4.78 is 0. The molecule has 130 valence electrons. The van der Waals surface area contributed by atoms with E-state index in [1.807, 2.05) is 0 Å². The zero-order chi connectivity index (χ0) is 16.4. The standard InChI is InChI=1S/C22H42/c1-6-20(7-2)21-15-11-9-8-10-12-16-22(4,5)17-13-14-19(3)18-21/h18-20H,6-17H2,1-5H3. The fourth-order valence-electron chi connectivity index (χ4n) is 4.18. The van der Waals surface area contributed by atoms with Gasteiger partial charge in [0.25, 0.3) is 0 Å². The van der Waals surface area contributed by atoms with Crippen LogP contribution in [0, 0.1) is 17.3 Å². The number of hydrogen-bond acceptors (Lipinski definition) is 0. The van der Waals surface area contributed by atoms with Crippen LogP contribution >= 0.6 is 0 Å². The zero-order valence-electron chi connectivity index (χ0n) is 16.2. The molecular weight excluding hydrogens is 264 g/mol. The summed E-state index contributed by atoms with van der Waals surface area (Å²) in [6, 6.07) is 0. The molecule has 1 unspecified atom stereocenters. The average Bonchev–Trinajstić information content (AvgIpc) is 2.46. The molecule has 1 rings (SSSR count). The minimum Gasteiger partial charge on any atom is -0.0822 e. The molecule has 0 saturated carbocycles. The van der Waals surface area contributed by atoms with Gasteiger partial charge in [-0.1, -0.05) is 78.4 Å². The van der Waals surface area contributed by atoms with Gasteiger partial charge >= 0.3 is 0 Å². The first-order chi connectivity index (χ1) is 10.5. The molecule has 0 fully saturated rings. The van der Waals surface area contributed by atoms with Crippen molar-refractivity contribution in [3.8, 4) is 0 Å². The number of hydrogen-bond donors (Lipinski definition) is 0. The Morgan fingerprint density at radius 3 is 2.23 bits per heavy atom. The van der Waals surface area contributed by atoms with Crippen LogP contribution in [0.1, 0.15) is 112 Å². The molecule has 0 aromatic heterocycles. The smallest absolute Gasteiger partial charge is 0.0208 e. The molecule has 1 aliphatic rings. The highest BCUT2D eigenvalue weighted by molar-refractivity contribution is 5.08. The summed E-state index contributed by atoms with van der Waals surface area (Å²) in [6.07, 6.45) is 19.5. The van der Waals surface area contributed by atoms with Crippen LogP contribution in [-0.2, 0) is 0 Å². The van der Waals surface area contributed by atoms with E-state index in [2.05, 4.69) is 40.7 Å². The van der Waals surface area contributed by atoms with Crippen LogP contribution in [-0.4, -0.2) is 0 Å². The molecule has 0 aromatic rings. The van der Waals surface area contributed by atoms with Gasteiger partial charge in [-0.15, -0.1) is 0 Å². The molecule has 0 amide bonds. The van der Waals surface area contributed by atoms with E-state index in [4.69, 9.17) is 0 Å². The molecule has 0 saturated heterocycles. The van der Waals surface area contributed by atoms with E-state index >= 15 is 0 Å². The van der Waals surface area contributed by atoms with E-state index < -0.39 is 0 Å². The Hall–Kier alpha value is -0.260. The van der Waals surface area contributed by atoms with Crippen molar-refractivity contribution in [1.82, 2.24) is 0 Å². The maximum atomic E-state index is 2.66. The monoisotopic (exact) mass is 306 g/mol. The van der Waals surface area contributed by atoms with Gasteiger partial charge in [0.2, 0.25) is 0 Å². The number of allylic oxidation sites excluding steroid dienone is 2. The molecular formula is C22H42. The molecule has 0 heterocycles. The van der Waals surface area contributed by atoms with Crippen LogP contribution < -0.4 is 0 Å². The minimum atomic E-state index is 0.561. The molecule has 0 radical (unpaired) electrons. The van der Waals surface area contributed by atoms with Crippen molar-refractivity contribution < 1.29 is 0 Å². The third-order valence-electron chi connectivity index (χ3n) is 5.84. The van der Waals surface area contributed by atoms with Gasteiger partial charge in [0.05, 0.1) is 0 Å². The third-order valence-corrected chi connectivity index (χ3v) is 5.84. The lowest BCUT2D eigenvalue weighted by molar-refractivity contribution is 0.279. The quantitative estimate of drug-likeness (QED) is 0.464. The maximum Gasteiger partial charge on any atom is -0.0208 e. The third kappa shape index (κ3) is 7.84. The second-order valence-electron chi connectivity index (χ2n) is 8.56. The van der Waals surface area contributed by atoms with Crippen molar-refractivity contribution in [2.24, 2.45) is 17.3 Å². The van der Waals surface area contributed by atoms with Gasteiger partial charge in [-0.05, 0) is 62.2 Å². The molecule has 0 bridgehead atoms. The predicted molar refractivity (Wildman–Crippen MR) is 101 cm³/mol. The summed E-state index contributed by atoms with van der Waals surface area (Å²) in [7, 11) is 0. The predicted octanol–water partition coefficient (Wildman–Crippen LogP) is 7.93. The van der Waals surface area contributed by atoms with Crippen LogP contribution in [0.5, 0.6) is 0 Å². The summed E-state index contributed by atoms with van der Waals surface area (Å²) in [5, 5.41) is 0. The van der Waals surface area contributed by atoms with Crippen molar-refractivity contribution in [2.75, 3.05) is 0 Å². The molecule has 22 heavy (non-hydrogen) atoms. The first kappa shape index (κ1) is 19.8. The first-order valence-electron chi connectivity index (χ1n) is 10.2. The average molecular weight is 307 g/mol. The van der Waals surface area contributed by atoms with Crippen molar-refractivity contribution in [3.05, 3.63) is 11.6 Å². The summed E-state index contributed by atoms with van der Waals surface area (Å²) in [6.45, 7) is 12.1. The molecule has 1 atom stereocenters. The van der Waals surface area contributed by atoms with E-state index in [9.17, 15) is 0 Å². The normalized spacial score (nSPS) is 25.5. The van der Waals surface area contributed by atoms with Gasteiger partial charge in [-0.3, -0.25) is 0 Å². The molecule has 0 heteroatoms. The van der Waals surface area contributed by atoms with Gasteiger partial charge < -0.3 is 0 Å². The van der Waals surface area contributed by atoms with Crippen molar-refractivity contribution in [3.63, 3.8) is 0 Å². The van der Waals surface area contributed by atoms with Crippen molar-refractivity contribution in [1.29, 1.82) is 0 Å². The maximum absolute atomic E-state index is 2.66. The highest BCUT2D eigenvalue weighted by Gasteiger charge is 2.18. The fraction of sp³-hybridized carbons (Fsp3) is 0.909. The SMILES string of the molecule is CCC(CC)C1=CC(C)CCCC(C)(C)CCCCCCC1. The van der Waals surface area contributed by atoms with E-state index in [1.54, 1.807) is 5.57 Å². The summed E-state index contributed by atoms with van der Waals surface area (Å²) in [5.41, 5.74) is 2.35. The fourth-order valence-corrected chi connectivity index (χ4v) is 4.18. The Labute approximate surface area is 141 Å². The van der Waals surface area contributed by atoms with Crippen LogP contribution in [0.2, 0.25) is 0 Å². The molecule has 0 aliphatic heterocycles. The van der Waals surface area contributed by atoms with Crippen LogP contribution in [0.25, 0.3) is 0 Å². The lowest BCUT2D eigenvalue weighted by Crippen LogP contribution is -2.12. The second kappa shape index (κ2) is 10.5. The lowest BCUT2D eigenvalue weighted by Gasteiger charge is -2.26. The molecule has 0 spiro atoms. The Kier molecular flexibility index (Phi) is 9.45. The Balaban J connectivity index is 2.70. The lowest BCUT2D eigenvalue weighted by atomic mass is 9.80. The first-order valence-corrected chi connectivity index (χ1v) is 10.2. The van der Waals surface area contributed by atoms with E-state index in [0.717, 1.165) is 11.8 Å². The molecule has 0 nitrogen and oxygen atoms in total. The van der Waals surface area contributed by atoms with Gasteiger partial charge in [0.1, 0.15) is 0 Å². The Morgan fingerprint density at radius 1 is 0.955 bits per heavy atom. The second-order valence-corrected chi connectivity index (χ2v) is 8.56. The van der Waals surface area contributed by atoms with Gasteiger partial charge in [-0.25, -0.2) is 0 Å². The van der Waals surface area contributed by atoms with Gasteiger partial charge in [0, 0.05) is 0 Å². The topological polar surface area (TPSA) is 0 Å².